The van der Waals surface area contributed by atoms with Crippen LogP contribution >= 0.6 is 11.3 Å². The number of rotatable bonds is 7. The molecule has 262 valence electrons. The van der Waals surface area contributed by atoms with E-state index >= 15 is 0 Å². The third kappa shape index (κ3) is 5.62. The van der Waals surface area contributed by atoms with Crippen LogP contribution in [-0.2, 0) is 12.8 Å². The number of benzene rings is 8. The molecule has 8 aromatic carbocycles. The maximum Gasteiger partial charge on any atom is 0.160 e. The van der Waals surface area contributed by atoms with Crippen molar-refractivity contribution in [3.05, 3.63) is 181 Å². The first-order valence-electron chi connectivity index (χ1n) is 19.2. The molecule has 0 aliphatic carbocycles. The smallest absolute Gasteiger partial charge is 0.160 e. The van der Waals surface area contributed by atoms with Crippen LogP contribution in [0.3, 0.4) is 0 Å². The second-order valence-electron chi connectivity index (χ2n) is 14.2. The van der Waals surface area contributed by atoms with Crippen molar-refractivity contribution in [1.82, 2.24) is 9.97 Å². The molecule has 0 N–H and O–H groups in total. The van der Waals surface area contributed by atoms with Crippen molar-refractivity contribution in [2.45, 2.75) is 26.7 Å². The van der Waals surface area contributed by atoms with Crippen molar-refractivity contribution in [1.29, 1.82) is 0 Å². The minimum absolute atomic E-state index is 0.723. The fraction of sp³-hybridized carbons (Fsp3) is 0.0769. The molecule has 0 bridgehead atoms. The normalized spacial score (nSPS) is 11.6. The van der Waals surface area contributed by atoms with Crippen LogP contribution in [0.2, 0.25) is 0 Å². The van der Waals surface area contributed by atoms with Crippen molar-refractivity contribution < 1.29 is 0 Å². The number of aromatic nitrogens is 2. The Morgan fingerprint density at radius 2 is 1.02 bits per heavy atom. The summed E-state index contributed by atoms with van der Waals surface area (Å²) < 4.78 is 2.53. The number of hydrogen-bond donors (Lipinski definition) is 0. The summed E-state index contributed by atoms with van der Waals surface area (Å²) in [5.41, 5.74) is 13.0. The average molecular weight is 723 g/mol. The lowest BCUT2D eigenvalue weighted by Gasteiger charge is -2.21. The summed E-state index contributed by atoms with van der Waals surface area (Å²) >= 11 is 1.83. The van der Waals surface area contributed by atoms with Crippen LogP contribution in [0.1, 0.15) is 25.0 Å². The summed E-state index contributed by atoms with van der Waals surface area (Å²) in [6.07, 6.45) is 1.91. The Balaban J connectivity index is 1.21. The van der Waals surface area contributed by atoms with Gasteiger partial charge in [-0.3, -0.25) is 0 Å². The molecule has 2 heterocycles. The molecule has 10 aromatic rings. The third-order valence-electron chi connectivity index (χ3n) is 11.1. The van der Waals surface area contributed by atoms with Gasteiger partial charge >= 0.3 is 0 Å². The van der Waals surface area contributed by atoms with Gasteiger partial charge in [-0.2, -0.15) is 0 Å². The number of nitrogens with zero attached hydrogens (tertiary/aromatic N) is 2. The lowest BCUT2D eigenvalue weighted by atomic mass is 9.82. The summed E-state index contributed by atoms with van der Waals surface area (Å²) in [7, 11) is 0. The van der Waals surface area contributed by atoms with E-state index in [1.165, 1.54) is 75.1 Å². The first-order valence-corrected chi connectivity index (χ1v) is 20.0. The van der Waals surface area contributed by atoms with Crippen molar-refractivity contribution >= 4 is 53.1 Å². The number of aryl methyl sites for hydroxylation is 2. The summed E-state index contributed by atoms with van der Waals surface area (Å²) in [5, 5.41) is 7.50. The van der Waals surface area contributed by atoms with E-state index in [0.29, 0.717) is 0 Å². The van der Waals surface area contributed by atoms with E-state index in [1.54, 1.807) is 0 Å². The average Bonchev–Trinajstić information content (AvgIpc) is 3.64. The van der Waals surface area contributed by atoms with Crippen molar-refractivity contribution in [2.75, 3.05) is 0 Å². The molecule has 2 nitrogen and oxygen atoms in total. The van der Waals surface area contributed by atoms with Gasteiger partial charge in [0.05, 0.1) is 11.4 Å². The van der Waals surface area contributed by atoms with E-state index in [2.05, 4.69) is 178 Å². The zero-order chi connectivity index (χ0) is 36.9. The molecule has 10 rings (SSSR count). The largest absolute Gasteiger partial charge is 0.228 e. The predicted molar refractivity (Wildman–Crippen MR) is 236 cm³/mol. The standard InChI is InChI=1S/C52H38N2S/c1-3-33-19-14-24-43(50(33)49-34(4-2)28-29-35-16-8-9-20-37(35)49)40-30-31-41(39-22-11-10-21-38(39)40)46-32-47(54-52(53-46)36-17-6-5-7-18-36)45-26-15-25-44-42-23-12-13-27-48(42)55-51(44)45/h5-32H,3-4H2,1-2H3. The maximum absolute atomic E-state index is 5.32. The molecule has 0 spiro atoms. The number of hydrogen-bond acceptors (Lipinski definition) is 3. The second kappa shape index (κ2) is 13.8. The highest BCUT2D eigenvalue weighted by Gasteiger charge is 2.21. The Hall–Kier alpha value is -6.42. The third-order valence-corrected chi connectivity index (χ3v) is 12.3. The molecule has 0 aliphatic heterocycles. The van der Waals surface area contributed by atoms with Crippen LogP contribution in [0, 0.1) is 0 Å². The minimum Gasteiger partial charge on any atom is -0.228 e. The molecule has 0 radical (unpaired) electrons. The molecule has 55 heavy (non-hydrogen) atoms. The topological polar surface area (TPSA) is 25.8 Å². The molecule has 0 aliphatic rings. The van der Waals surface area contributed by atoms with Gasteiger partial charge in [0.1, 0.15) is 0 Å². The van der Waals surface area contributed by atoms with Gasteiger partial charge in [0, 0.05) is 36.9 Å². The lowest BCUT2D eigenvalue weighted by molar-refractivity contribution is 1.12. The Bertz CT molecular complexity index is 3070. The Kier molecular flexibility index (Phi) is 8.31. The van der Waals surface area contributed by atoms with Crippen LogP contribution < -0.4 is 0 Å². The first kappa shape index (κ1) is 33.2. The fourth-order valence-corrected chi connectivity index (χ4v) is 9.69. The molecular formula is C52H38N2S. The summed E-state index contributed by atoms with van der Waals surface area (Å²) in [6, 6.07) is 61.6. The Labute approximate surface area is 325 Å². The second-order valence-corrected chi connectivity index (χ2v) is 15.2. The van der Waals surface area contributed by atoms with Crippen molar-refractivity contribution in [3.8, 4) is 56.2 Å². The van der Waals surface area contributed by atoms with E-state index in [0.717, 1.165) is 46.7 Å². The number of fused-ring (bicyclic) bond motifs is 5. The van der Waals surface area contributed by atoms with Crippen molar-refractivity contribution in [2.24, 2.45) is 0 Å². The van der Waals surface area contributed by atoms with E-state index in [-0.39, 0.29) is 0 Å². The number of thiophene rings is 1. The van der Waals surface area contributed by atoms with Gasteiger partial charge in [-0.15, -0.1) is 11.3 Å². The van der Waals surface area contributed by atoms with E-state index in [4.69, 9.17) is 9.97 Å². The van der Waals surface area contributed by atoms with Gasteiger partial charge in [-0.05, 0) is 79.9 Å². The molecule has 2 aromatic heterocycles. The van der Waals surface area contributed by atoms with Crippen LogP contribution in [0.25, 0.3) is 97.9 Å². The van der Waals surface area contributed by atoms with E-state index < -0.39 is 0 Å². The quantitative estimate of drug-likeness (QED) is 0.164. The highest BCUT2D eigenvalue weighted by molar-refractivity contribution is 7.26. The minimum atomic E-state index is 0.723. The zero-order valence-electron chi connectivity index (χ0n) is 30.9. The molecule has 0 atom stereocenters. The zero-order valence-corrected chi connectivity index (χ0v) is 31.7. The Morgan fingerprint density at radius 1 is 0.418 bits per heavy atom. The SMILES string of the molecule is CCc1cccc(-c2ccc(-c3cc(-c4cccc5c4sc4ccccc45)nc(-c4ccccc4)n3)c3ccccc23)c1-c1c(CC)ccc2ccccc12. The fourth-order valence-electron chi connectivity index (χ4n) is 8.47. The highest BCUT2D eigenvalue weighted by atomic mass is 32.1. The van der Waals surface area contributed by atoms with Gasteiger partial charge < -0.3 is 0 Å². The lowest BCUT2D eigenvalue weighted by Crippen LogP contribution is -1.99. The van der Waals surface area contributed by atoms with Crippen molar-refractivity contribution in [3.63, 3.8) is 0 Å². The first-order chi connectivity index (χ1) is 27.2. The van der Waals surface area contributed by atoms with E-state index in [1.807, 2.05) is 17.4 Å². The Morgan fingerprint density at radius 3 is 1.82 bits per heavy atom. The summed E-state index contributed by atoms with van der Waals surface area (Å²) in [6.45, 7) is 4.55. The molecule has 0 amide bonds. The van der Waals surface area contributed by atoms with Gasteiger partial charge in [-0.1, -0.05) is 172 Å². The highest BCUT2D eigenvalue weighted by Crippen LogP contribution is 2.45. The van der Waals surface area contributed by atoms with Crippen LogP contribution in [0.5, 0.6) is 0 Å². The van der Waals surface area contributed by atoms with E-state index in [9.17, 15) is 0 Å². The molecule has 0 fully saturated rings. The van der Waals surface area contributed by atoms with Gasteiger partial charge in [0.15, 0.2) is 5.82 Å². The van der Waals surface area contributed by atoms with Crippen LogP contribution in [0.15, 0.2) is 170 Å². The monoisotopic (exact) mass is 722 g/mol. The maximum atomic E-state index is 5.32. The predicted octanol–water partition coefficient (Wildman–Crippen LogP) is 14.6. The van der Waals surface area contributed by atoms with Crippen LogP contribution in [0.4, 0.5) is 0 Å². The molecule has 0 saturated heterocycles. The molecular weight excluding hydrogens is 685 g/mol. The molecule has 0 unspecified atom stereocenters. The molecule has 3 heteroatoms. The summed E-state index contributed by atoms with van der Waals surface area (Å²) in [5.74, 6) is 0.723. The molecule has 0 saturated carbocycles. The van der Waals surface area contributed by atoms with Gasteiger partial charge in [0.25, 0.3) is 0 Å². The van der Waals surface area contributed by atoms with Gasteiger partial charge in [0.2, 0.25) is 0 Å². The van der Waals surface area contributed by atoms with Gasteiger partial charge in [-0.25, -0.2) is 9.97 Å². The van der Waals surface area contributed by atoms with Crippen LogP contribution in [-0.4, -0.2) is 9.97 Å². The summed E-state index contributed by atoms with van der Waals surface area (Å²) in [4.78, 5) is 10.6.